The molecule has 0 aromatic heterocycles. The predicted molar refractivity (Wildman–Crippen MR) is 189 cm³/mol. The van der Waals surface area contributed by atoms with Gasteiger partial charge in [-0.2, -0.15) is 0 Å². The van der Waals surface area contributed by atoms with Crippen molar-refractivity contribution in [1.29, 1.82) is 0 Å². The van der Waals surface area contributed by atoms with Crippen LogP contribution in [0.1, 0.15) is 42.4 Å². The first-order valence-electron chi connectivity index (χ1n) is 15.4. The standard InChI is InChI=1S/C36H36Cl3N3O4S/c1-25-20-28(37)18-19-33(25)42(47(45,46)31-14-6-3-7-15-31)24-35(43)41(23-27-16-17-29(38)22-32(27)39)34(21-26-10-4-2-5-11-26)36(44)40-30-12-8-9-13-30/h2-7,10-11,14-20,22,30,34H,8-9,12-13,21,23-24H2,1H3,(H,40,44). The average Bonchev–Trinajstić information content (AvgIpc) is 3.56. The number of hydrogen-bond donors (Lipinski definition) is 1. The summed E-state index contributed by atoms with van der Waals surface area (Å²) in [6.07, 6.45) is 3.97. The van der Waals surface area contributed by atoms with Crippen LogP contribution in [0, 0.1) is 6.92 Å². The molecule has 0 spiro atoms. The molecule has 2 amide bonds. The molecular formula is C36H36Cl3N3O4S. The van der Waals surface area contributed by atoms with Crippen LogP contribution in [0.15, 0.2) is 102 Å². The lowest BCUT2D eigenvalue weighted by molar-refractivity contribution is -0.140. The molecule has 11 heteroatoms. The van der Waals surface area contributed by atoms with Crippen LogP contribution in [0.25, 0.3) is 0 Å². The highest BCUT2D eigenvalue weighted by molar-refractivity contribution is 7.92. The van der Waals surface area contributed by atoms with Crippen LogP contribution in [0.3, 0.4) is 0 Å². The van der Waals surface area contributed by atoms with E-state index in [1.165, 1.54) is 17.0 Å². The lowest BCUT2D eigenvalue weighted by Crippen LogP contribution is -2.54. The number of halogens is 3. The van der Waals surface area contributed by atoms with Crippen molar-refractivity contribution in [3.05, 3.63) is 129 Å². The lowest BCUT2D eigenvalue weighted by atomic mass is 10.0. The Labute approximate surface area is 291 Å². The van der Waals surface area contributed by atoms with Crippen molar-refractivity contribution in [2.45, 2.75) is 62.6 Å². The molecule has 1 aliphatic carbocycles. The summed E-state index contributed by atoms with van der Waals surface area (Å²) in [5, 5.41) is 4.35. The molecule has 1 N–H and O–H groups in total. The summed E-state index contributed by atoms with van der Waals surface area (Å²) in [7, 11) is -4.23. The Morgan fingerprint density at radius 3 is 2.11 bits per heavy atom. The summed E-state index contributed by atoms with van der Waals surface area (Å²) in [6, 6.07) is 26.2. The van der Waals surface area contributed by atoms with Gasteiger partial charge in [0, 0.05) is 34.1 Å². The third kappa shape index (κ3) is 8.68. The monoisotopic (exact) mass is 711 g/mol. The summed E-state index contributed by atoms with van der Waals surface area (Å²) >= 11 is 19.0. The Morgan fingerprint density at radius 1 is 0.851 bits per heavy atom. The van der Waals surface area contributed by atoms with Crippen molar-refractivity contribution >= 4 is 62.3 Å². The Kier molecular flexibility index (Phi) is 11.5. The molecule has 1 unspecified atom stereocenters. The van der Waals surface area contributed by atoms with Crippen molar-refractivity contribution < 1.29 is 18.0 Å². The topological polar surface area (TPSA) is 86.8 Å². The summed E-state index contributed by atoms with van der Waals surface area (Å²) in [6.45, 7) is 1.11. The SMILES string of the molecule is Cc1cc(Cl)ccc1N(CC(=O)N(Cc1ccc(Cl)cc1Cl)C(Cc1ccccc1)C(=O)NC1CCCC1)S(=O)(=O)c1ccccc1. The highest BCUT2D eigenvalue weighted by atomic mass is 35.5. The van der Waals surface area contributed by atoms with E-state index in [-0.39, 0.29) is 29.8 Å². The first-order valence-corrected chi connectivity index (χ1v) is 18.0. The van der Waals surface area contributed by atoms with Crippen LogP contribution < -0.4 is 9.62 Å². The molecule has 246 valence electrons. The number of sulfonamides is 1. The molecule has 0 saturated heterocycles. The van der Waals surface area contributed by atoms with Gasteiger partial charge in [-0.25, -0.2) is 8.42 Å². The van der Waals surface area contributed by atoms with E-state index in [1.54, 1.807) is 61.5 Å². The van der Waals surface area contributed by atoms with Gasteiger partial charge in [0.05, 0.1) is 10.6 Å². The van der Waals surface area contributed by atoms with Crippen LogP contribution in [0.5, 0.6) is 0 Å². The van der Waals surface area contributed by atoms with Gasteiger partial charge in [0.25, 0.3) is 10.0 Å². The minimum Gasteiger partial charge on any atom is -0.352 e. The smallest absolute Gasteiger partial charge is 0.264 e. The van der Waals surface area contributed by atoms with Gasteiger partial charge >= 0.3 is 0 Å². The summed E-state index contributed by atoms with van der Waals surface area (Å²) in [5.41, 5.74) is 2.28. The maximum atomic E-state index is 14.7. The van der Waals surface area contributed by atoms with Crippen molar-refractivity contribution in [3.63, 3.8) is 0 Å². The van der Waals surface area contributed by atoms with E-state index in [1.807, 2.05) is 30.3 Å². The number of hydrogen-bond acceptors (Lipinski definition) is 4. The molecule has 4 aromatic carbocycles. The van der Waals surface area contributed by atoms with Crippen molar-refractivity contribution in [2.75, 3.05) is 10.8 Å². The molecule has 47 heavy (non-hydrogen) atoms. The fourth-order valence-electron chi connectivity index (χ4n) is 5.89. The zero-order chi connectivity index (χ0) is 33.6. The van der Waals surface area contributed by atoms with E-state index in [9.17, 15) is 18.0 Å². The quantitative estimate of drug-likeness (QED) is 0.162. The van der Waals surface area contributed by atoms with Crippen molar-refractivity contribution in [3.8, 4) is 0 Å². The number of anilines is 1. The largest absolute Gasteiger partial charge is 0.352 e. The second-order valence-electron chi connectivity index (χ2n) is 11.7. The summed E-state index contributed by atoms with van der Waals surface area (Å²) < 4.78 is 29.5. The van der Waals surface area contributed by atoms with Gasteiger partial charge in [0.1, 0.15) is 12.6 Å². The van der Waals surface area contributed by atoms with E-state index < -0.39 is 28.5 Å². The molecule has 0 aliphatic heterocycles. The molecule has 4 aromatic rings. The van der Waals surface area contributed by atoms with E-state index >= 15 is 0 Å². The van der Waals surface area contributed by atoms with Gasteiger partial charge in [0.2, 0.25) is 11.8 Å². The molecule has 7 nitrogen and oxygen atoms in total. The van der Waals surface area contributed by atoms with Gasteiger partial charge < -0.3 is 10.2 Å². The van der Waals surface area contributed by atoms with Crippen LogP contribution in [-0.4, -0.2) is 43.8 Å². The maximum absolute atomic E-state index is 14.7. The van der Waals surface area contributed by atoms with E-state index in [0.29, 0.717) is 31.9 Å². The molecular weight excluding hydrogens is 677 g/mol. The Hall–Kier alpha value is -3.56. The number of nitrogens with one attached hydrogen (secondary N) is 1. The van der Waals surface area contributed by atoms with E-state index in [2.05, 4.69) is 5.32 Å². The zero-order valence-electron chi connectivity index (χ0n) is 25.9. The van der Waals surface area contributed by atoms with Crippen LogP contribution in [0.4, 0.5) is 5.69 Å². The molecule has 1 atom stereocenters. The van der Waals surface area contributed by atoms with Gasteiger partial charge in [-0.15, -0.1) is 0 Å². The van der Waals surface area contributed by atoms with Gasteiger partial charge in [-0.3, -0.25) is 13.9 Å². The number of carbonyl (C=O) groups is 2. The second kappa shape index (κ2) is 15.6. The molecule has 1 fully saturated rings. The number of rotatable bonds is 12. The predicted octanol–water partition coefficient (Wildman–Crippen LogP) is 7.85. The molecule has 1 aliphatic rings. The fraction of sp³-hybridized carbons (Fsp3) is 0.278. The zero-order valence-corrected chi connectivity index (χ0v) is 29.0. The first kappa shape index (κ1) is 34.8. The third-order valence-corrected chi connectivity index (χ3v) is 11.0. The molecule has 0 bridgehead atoms. The minimum atomic E-state index is -4.23. The fourth-order valence-corrected chi connectivity index (χ4v) is 8.08. The summed E-state index contributed by atoms with van der Waals surface area (Å²) in [5.74, 6) is -0.883. The second-order valence-corrected chi connectivity index (χ2v) is 14.9. The maximum Gasteiger partial charge on any atom is 0.264 e. The molecule has 0 heterocycles. The van der Waals surface area contributed by atoms with Crippen molar-refractivity contribution in [1.82, 2.24) is 10.2 Å². The lowest BCUT2D eigenvalue weighted by Gasteiger charge is -2.35. The van der Waals surface area contributed by atoms with E-state index in [4.69, 9.17) is 34.8 Å². The van der Waals surface area contributed by atoms with Crippen molar-refractivity contribution in [2.24, 2.45) is 0 Å². The normalized spacial score (nSPS) is 14.0. The molecule has 1 saturated carbocycles. The summed E-state index contributed by atoms with van der Waals surface area (Å²) in [4.78, 5) is 30.3. The first-order chi connectivity index (χ1) is 22.5. The van der Waals surface area contributed by atoms with E-state index in [0.717, 1.165) is 35.6 Å². The Morgan fingerprint density at radius 2 is 1.47 bits per heavy atom. The van der Waals surface area contributed by atoms with Gasteiger partial charge in [0.15, 0.2) is 0 Å². The van der Waals surface area contributed by atoms with Gasteiger partial charge in [-0.1, -0.05) is 102 Å². The van der Waals surface area contributed by atoms with Gasteiger partial charge in [-0.05, 0) is 78.9 Å². The minimum absolute atomic E-state index is 0.00326. The number of aryl methyl sites for hydroxylation is 1. The average molecular weight is 713 g/mol. The Bertz CT molecular complexity index is 1820. The number of benzene rings is 4. The molecule has 5 rings (SSSR count). The Balaban J connectivity index is 1.60. The molecule has 0 radical (unpaired) electrons. The third-order valence-electron chi connectivity index (χ3n) is 8.37. The highest BCUT2D eigenvalue weighted by Gasteiger charge is 2.36. The van der Waals surface area contributed by atoms with Crippen LogP contribution in [-0.2, 0) is 32.6 Å². The number of amides is 2. The number of carbonyl (C=O) groups excluding carboxylic acids is 2. The number of nitrogens with zero attached hydrogens (tertiary/aromatic N) is 2. The highest BCUT2D eigenvalue weighted by Crippen LogP contribution is 2.30. The van der Waals surface area contributed by atoms with Crippen LogP contribution >= 0.6 is 34.8 Å². The van der Waals surface area contributed by atoms with Crippen LogP contribution in [0.2, 0.25) is 15.1 Å².